The Bertz CT molecular complexity index is 999. The van der Waals surface area contributed by atoms with Crippen LogP contribution in [0.2, 0.25) is 0 Å². The van der Waals surface area contributed by atoms with Gasteiger partial charge in [-0.15, -0.1) is 22.7 Å². The number of carbonyl (C=O) groups excluding carboxylic acids is 1. The van der Waals surface area contributed by atoms with Crippen LogP contribution in [0.25, 0.3) is 16.2 Å². The number of nitrogens with one attached hydrogen (secondary N) is 1. The average Bonchev–Trinajstić information content (AvgIpc) is 3.27. The van der Waals surface area contributed by atoms with Crippen LogP contribution in [0.1, 0.15) is 10.6 Å². The van der Waals surface area contributed by atoms with Gasteiger partial charge in [0, 0.05) is 33.4 Å². The van der Waals surface area contributed by atoms with E-state index in [2.05, 4.69) is 27.0 Å². The van der Waals surface area contributed by atoms with E-state index in [4.69, 9.17) is 0 Å². The summed E-state index contributed by atoms with van der Waals surface area (Å²) in [6, 6.07) is 11.8. The summed E-state index contributed by atoms with van der Waals surface area (Å²) in [5, 5.41) is 7.04. The molecule has 0 unspecified atom stereocenters. The van der Waals surface area contributed by atoms with Gasteiger partial charge in [-0.25, -0.2) is 4.98 Å². The molecule has 4 aromatic rings. The van der Waals surface area contributed by atoms with Crippen LogP contribution in [0.3, 0.4) is 0 Å². The molecule has 0 atom stereocenters. The van der Waals surface area contributed by atoms with Crippen molar-refractivity contribution in [3.05, 3.63) is 63.9 Å². The highest BCUT2D eigenvalue weighted by Crippen LogP contribution is 2.25. The van der Waals surface area contributed by atoms with Gasteiger partial charge in [0.1, 0.15) is 0 Å². The summed E-state index contributed by atoms with van der Waals surface area (Å²) in [6.45, 7) is 2.07. The minimum absolute atomic E-state index is 0.00346. The number of carbonyl (C=O) groups is 1. The van der Waals surface area contributed by atoms with Crippen molar-refractivity contribution in [1.29, 1.82) is 0 Å². The molecule has 0 aliphatic heterocycles. The van der Waals surface area contributed by atoms with E-state index in [9.17, 15) is 4.79 Å². The fourth-order valence-electron chi connectivity index (χ4n) is 2.57. The van der Waals surface area contributed by atoms with Gasteiger partial charge >= 0.3 is 0 Å². The average molecular weight is 353 g/mol. The maximum atomic E-state index is 12.1. The zero-order valence-corrected chi connectivity index (χ0v) is 14.7. The number of aryl methyl sites for hydroxylation is 1. The Morgan fingerprint density at radius 3 is 2.96 bits per heavy atom. The van der Waals surface area contributed by atoms with Gasteiger partial charge in [0.25, 0.3) is 0 Å². The molecule has 3 heterocycles. The minimum atomic E-state index is -0.00346. The molecule has 0 aliphatic carbocycles. The van der Waals surface area contributed by atoms with Crippen LogP contribution in [0.4, 0.5) is 5.69 Å². The summed E-state index contributed by atoms with van der Waals surface area (Å²) in [5.74, 6) is -0.00346. The van der Waals surface area contributed by atoms with Crippen molar-refractivity contribution in [2.75, 3.05) is 5.32 Å². The highest BCUT2D eigenvalue weighted by Gasteiger charge is 2.09. The van der Waals surface area contributed by atoms with E-state index in [0.717, 1.165) is 26.8 Å². The predicted octanol–water partition coefficient (Wildman–Crippen LogP) is 4.61. The van der Waals surface area contributed by atoms with Crippen LogP contribution < -0.4 is 5.32 Å². The molecule has 6 heteroatoms. The van der Waals surface area contributed by atoms with Crippen molar-refractivity contribution in [2.45, 2.75) is 13.3 Å². The molecule has 0 saturated carbocycles. The van der Waals surface area contributed by atoms with Crippen molar-refractivity contribution >= 4 is 39.2 Å². The Hall–Kier alpha value is -2.44. The second-order valence-electron chi connectivity index (χ2n) is 5.54. The second-order valence-corrected chi connectivity index (χ2v) is 7.41. The van der Waals surface area contributed by atoms with E-state index in [-0.39, 0.29) is 5.91 Å². The Morgan fingerprint density at radius 2 is 2.17 bits per heavy atom. The summed E-state index contributed by atoms with van der Waals surface area (Å²) in [6.07, 6.45) is 2.44. The number of aromatic nitrogens is 2. The Kier molecular flexibility index (Phi) is 3.92. The van der Waals surface area contributed by atoms with E-state index in [0.29, 0.717) is 6.42 Å². The second kappa shape index (κ2) is 6.22. The van der Waals surface area contributed by atoms with Gasteiger partial charge < -0.3 is 5.32 Å². The zero-order valence-electron chi connectivity index (χ0n) is 13.0. The molecular weight excluding hydrogens is 338 g/mol. The molecule has 3 aromatic heterocycles. The topological polar surface area (TPSA) is 46.4 Å². The lowest BCUT2D eigenvalue weighted by atomic mass is 10.1. The van der Waals surface area contributed by atoms with Crippen molar-refractivity contribution in [1.82, 2.24) is 9.38 Å². The number of nitrogens with zero attached hydrogens (tertiary/aromatic N) is 2. The van der Waals surface area contributed by atoms with Gasteiger partial charge in [0.2, 0.25) is 5.91 Å². The summed E-state index contributed by atoms with van der Waals surface area (Å²) in [4.78, 5) is 18.8. The summed E-state index contributed by atoms with van der Waals surface area (Å²) in [5.41, 5.74) is 3.88. The van der Waals surface area contributed by atoms with E-state index < -0.39 is 0 Å². The standard InChI is InChI=1S/C18H15N3OS2/c1-12-11-24-18-20-16(10-21(12)18)13-4-2-5-14(8-13)19-17(22)9-15-6-3-7-23-15/h2-8,10-11H,9H2,1H3,(H,19,22). The quantitative estimate of drug-likeness (QED) is 0.582. The number of benzene rings is 1. The van der Waals surface area contributed by atoms with Crippen molar-refractivity contribution in [2.24, 2.45) is 0 Å². The summed E-state index contributed by atoms with van der Waals surface area (Å²) < 4.78 is 2.09. The molecule has 24 heavy (non-hydrogen) atoms. The molecule has 0 bridgehead atoms. The number of amides is 1. The highest BCUT2D eigenvalue weighted by atomic mass is 32.1. The molecule has 4 nitrogen and oxygen atoms in total. The normalized spacial score (nSPS) is 11.0. The van der Waals surface area contributed by atoms with Crippen molar-refractivity contribution in [3.63, 3.8) is 0 Å². The number of thiazole rings is 1. The Balaban J connectivity index is 1.55. The summed E-state index contributed by atoms with van der Waals surface area (Å²) >= 11 is 3.22. The maximum absolute atomic E-state index is 12.1. The molecular formula is C18H15N3OS2. The number of anilines is 1. The molecule has 4 rings (SSSR count). The van der Waals surface area contributed by atoms with Crippen molar-refractivity contribution in [3.8, 4) is 11.3 Å². The van der Waals surface area contributed by atoms with Crippen LogP contribution in [0.5, 0.6) is 0 Å². The molecule has 0 radical (unpaired) electrons. The lowest BCUT2D eigenvalue weighted by molar-refractivity contribution is -0.115. The first-order chi connectivity index (χ1) is 11.7. The number of hydrogen-bond acceptors (Lipinski definition) is 4. The smallest absolute Gasteiger partial charge is 0.229 e. The molecule has 120 valence electrons. The van der Waals surface area contributed by atoms with Gasteiger partial charge in [-0.1, -0.05) is 18.2 Å². The van der Waals surface area contributed by atoms with Crippen LogP contribution in [0.15, 0.2) is 53.4 Å². The Morgan fingerprint density at radius 1 is 1.25 bits per heavy atom. The lowest BCUT2D eigenvalue weighted by Crippen LogP contribution is -2.13. The van der Waals surface area contributed by atoms with Crippen LogP contribution in [0, 0.1) is 6.92 Å². The number of thiophene rings is 1. The fourth-order valence-corrected chi connectivity index (χ4v) is 4.12. The zero-order chi connectivity index (χ0) is 16.5. The molecule has 1 aromatic carbocycles. The van der Waals surface area contributed by atoms with Gasteiger partial charge in [-0.3, -0.25) is 9.20 Å². The summed E-state index contributed by atoms with van der Waals surface area (Å²) in [7, 11) is 0. The van der Waals surface area contributed by atoms with E-state index >= 15 is 0 Å². The number of rotatable bonds is 4. The predicted molar refractivity (Wildman–Crippen MR) is 99.9 cm³/mol. The van der Waals surface area contributed by atoms with Gasteiger partial charge in [0.05, 0.1) is 12.1 Å². The molecule has 1 amide bonds. The first-order valence-corrected chi connectivity index (χ1v) is 9.31. The first kappa shape index (κ1) is 15.1. The Labute approximate surface area is 147 Å². The lowest BCUT2D eigenvalue weighted by Gasteiger charge is -2.06. The maximum Gasteiger partial charge on any atom is 0.229 e. The largest absolute Gasteiger partial charge is 0.326 e. The number of imidazole rings is 1. The first-order valence-electron chi connectivity index (χ1n) is 7.55. The highest BCUT2D eigenvalue weighted by molar-refractivity contribution is 7.15. The minimum Gasteiger partial charge on any atom is -0.326 e. The van der Waals surface area contributed by atoms with Gasteiger partial charge in [0.15, 0.2) is 4.96 Å². The van der Waals surface area contributed by atoms with Gasteiger partial charge in [-0.2, -0.15) is 0 Å². The molecule has 1 N–H and O–H groups in total. The molecule has 0 aliphatic rings. The third-order valence-electron chi connectivity index (χ3n) is 3.75. The van der Waals surface area contributed by atoms with E-state index in [1.54, 1.807) is 22.7 Å². The third kappa shape index (κ3) is 2.98. The van der Waals surface area contributed by atoms with E-state index in [1.165, 1.54) is 5.69 Å². The monoisotopic (exact) mass is 353 g/mol. The third-order valence-corrected chi connectivity index (χ3v) is 5.58. The van der Waals surface area contributed by atoms with Crippen LogP contribution >= 0.6 is 22.7 Å². The molecule has 0 saturated heterocycles. The van der Waals surface area contributed by atoms with Crippen LogP contribution in [-0.2, 0) is 11.2 Å². The molecule has 0 spiro atoms. The molecule has 0 fully saturated rings. The van der Waals surface area contributed by atoms with E-state index in [1.807, 2.05) is 48.0 Å². The number of hydrogen-bond donors (Lipinski definition) is 1. The number of fused-ring (bicyclic) bond motifs is 1. The SMILES string of the molecule is Cc1csc2nc(-c3cccc(NC(=O)Cc4cccs4)c3)cn12. The van der Waals surface area contributed by atoms with Gasteiger partial charge in [-0.05, 0) is 30.5 Å². The van der Waals surface area contributed by atoms with Crippen LogP contribution in [-0.4, -0.2) is 15.3 Å². The van der Waals surface area contributed by atoms with Crippen molar-refractivity contribution < 1.29 is 4.79 Å². The fraction of sp³-hybridized carbons (Fsp3) is 0.111.